The molecule has 0 bridgehead atoms. The number of aromatic nitrogens is 2. The quantitative estimate of drug-likeness (QED) is 0.501. The summed E-state index contributed by atoms with van der Waals surface area (Å²) < 4.78 is 0. The van der Waals surface area contributed by atoms with Gasteiger partial charge in [0.05, 0.1) is 12.1 Å². The van der Waals surface area contributed by atoms with Gasteiger partial charge in [0, 0.05) is 6.20 Å². The number of rotatable bonds is 1. The van der Waals surface area contributed by atoms with Gasteiger partial charge in [-0.1, -0.05) is 11.8 Å². The van der Waals surface area contributed by atoms with Crippen LogP contribution in [0, 0.1) is 11.8 Å². The first-order valence-corrected chi connectivity index (χ1v) is 4.03. The molecule has 0 saturated heterocycles. The lowest BCUT2D eigenvalue weighted by Crippen LogP contribution is -2.04. The largest absolute Gasteiger partial charge is 0.383 e. The topological polar surface area (TPSA) is 63.8 Å². The van der Waals surface area contributed by atoms with Crippen molar-refractivity contribution in [3.8, 4) is 11.8 Å². The molecule has 0 atom stereocenters. The van der Waals surface area contributed by atoms with E-state index in [4.69, 9.17) is 17.3 Å². The fourth-order valence-electron chi connectivity index (χ4n) is 0.697. The third-order valence-electron chi connectivity index (χ3n) is 1.28. The van der Waals surface area contributed by atoms with Crippen molar-refractivity contribution in [1.82, 2.24) is 15.3 Å². The van der Waals surface area contributed by atoms with E-state index >= 15 is 0 Å². The highest BCUT2D eigenvalue weighted by Crippen LogP contribution is 2.07. The molecule has 0 unspecified atom stereocenters. The minimum atomic E-state index is 0.136. The summed E-state index contributed by atoms with van der Waals surface area (Å²) in [5.74, 6) is 5.98. The minimum Gasteiger partial charge on any atom is -0.383 e. The fourth-order valence-corrected chi connectivity index (χ4v) is 0.836. The Morgan fingerprint density at radius 3 is 3.08 bits per heavy atom. The second-order valence-corrected chi connectivity index (χ2v) is 2.61. The van der Waals surface area contributed by atoms with Crippen LogP contribution in [0.4, 0.5) is 5.82 Å². The average molecular weight is 197 g/mol. The highest BCUT2D eigenvalue weighted by atomic mass is 35.5. The van der Waals surface area contributed by atoms with Crippen molar-refractivity contribution in [3.63, 3.8) is 0 Å². The Kier molecular flexibility index (Phi) is 3.50. The van der Waals surface area contributed by atoms with Gasteiger partial charge >= 0.3 is 0 Å². The number of nitrogens with one attached hydrogen (secondary N) is 1. The van der Waals surface area contributed by atoms with E-state index in [0.717, 1.165) is 0 Å². The first-order chi connectivity index (χ1) is 6.24. The Morgan fingerprint density at radius 2 is 2.46 bits per heavy atom. The number of nitrogen functional groups attached to an aromatic ring is 1. The van der Waals surface area contributed by atoms with Crippen LogP contribution in [0.3, 0.4) is 0 Å². The maximum atomic E-state index is 5.55. The molecule has 3 N–H and O–H groups in total. The normalized spacial score (nSPS) is 9.08. The molecule has 5 heteroatoms. The van der Waals surface area contributed by atoms with Crippen molar-refractivity contribution in [3.05, 3.63) is 17.0 Å². The third kappa shape index (κ3) is 2.90. The lowest BCUT2D eigenvalue weighted by molar-refractivity contribution is 0.938. The summed E-state index contributed by atoms with van der Waals surface area (Å²) in [6, 6.07) is 0. The summed E-state index contributed by atoms with van der Waals surface area (Å²) in [5, 5.41) is 3.02. The number of hydrogen-bond acceptors (Lipinski definition) is 4. The van der Waals surface area contributed by atoms with Crippen LogP contribution in [0.15, 0.2) is 6.20 Å². The molecular weight excluding hydrogens is 188 g/mol. The summed E-state index contributed by atoms with van der Waals surface area (Å²) in [7, 11) is 1.82. The van der Waals surface area contributed by atoms with Crippen molar-refractivity contribution in [2.45, 2.75) is 0 Å². The van der Waals surface area contributed by atoms with E-state index in [0.29, 0.717) is 17.9 Å². The predicted molar refractivity (Wildman–Crippen MR) is 52.3 cm³/mol. The Morgan fingerprint density at radius 1 is 1.69 bits per heavy atom. The van der Waals surface area contributed by atoms with E-state index in [2.05, 4.69) is 27.1 Å². The number of nitrogens with zero attached hydrogens (tertiary/aromatic N) is 2. The Balaban J connectivity index is 2.85. The van der Waals surface area contributed by atoms with Crippen molar-refractivity contribution in [2.24, 2.45) is 0 Å². The standard InChI is InChI=1S/C8H9ClN4/c1-11-4-2-3-6-5-12-8(9)13-7(6)10/h5,11H,4H2,1H3,(H2,10,12,13). The fraction of sp³-hybridized carbons (Fsp3) is 0.250. The van der Waals surface area contributed by atoms with Gasteiger partial charge < -0.3 is 11.1 Å². The molecule has 13 heavy (non-hydrogen) atoms. The van der Waals surface area contributed by atoms with Crippen LogP contribution in [-0.2, 0) is 0 Å². The van der Waals surface area contributed by atoms with Gasteiger partial charge in [-0.3, -0.25) is 0 Å². The second-order valence-electron chi connectivity index (χ2n) is 2.27. The van der Waals surface area contributed by atoms with E-state index in [1.807, 2.05) is 7.05 Å². The van der Waals surface area contributed by atoms with Gasteiger partial charge in [-0.05, 0) is 18.6 Å². The lowest BCUT2D eigenvalue weighted by Gasteiger charge is -1.95. The molecule has 0 amide bonds. The smallest absolute Gasteiger partial charge is 0.224 e. The van der Waals surface area contributed by atoms with Crippen molar-refractivity contribution >= 4 is 17.4 Å². The van der Waals surface area contributed by atoms with Gasteiger partial charge in [0.1, 0.15) is 5.82 Å². The molecule has 0 radical (unpaired) electrons. The maximum absolute atomic E-state index is 5.55. The predicted octanol–water partition coefficient (Wildman–Crippen LogP) is 0.283. The zero-order valence-electron chi connectivity index (χ0n) is 7.13. The third-order valence-corrected chi connectivity index (χ3v) is 1.46. The van der Waals surface area contributed by atoms with Crippen LogP contribution in [0.5, 0.6) is 0 Å². The van der Waals surface area contributed by atoms with Gasteiger partial charge in [0.2, 0.25) is 5.28 Å². The van der Waals surface area contributed by atoms with Crippen LogP contribution in [-0.4, -0.2) is 23.6 Å². The van der Waals surface area contributed by atoms with E-state index in [9.17, 15) is 0 Å². The van der Waals surface area contributed by atoms with Crippen molar-refractivity contribution in [1.29, 1.82) is 0 Å². The Bertz CT molecular complexity index is 353. The van der Waals surface area contributed by atoms with E-state index < -0.39 is 0 Å². The highest BCUT2D eigenvalue weighted by molar-refractivity contribution is 6.28. The van der Waals surface area contributed by atoms with Crippen LogP contribution >= 0.6 is 11.6 Å². The monoisotopic (exact) mass is 196 g/mol. The molecular formula is C8H9ClN4. The molecule has 68 valence electrons. The van der Waals surface area contributed by atoms with Crippen LogP contribution in [0.25, 0.3) is 0 Å². The second kappa shape index (κ2) is 4.65. The van der Waals surface area contributed by atoms with Crippen LogP contribution < -0.4 is 11.1 Å². The lowest BCUT2D eigenvalue weighted by atomic mass is 10.3. The molecule has 4 nitrogen and oxygen atoms in total. The number of nitrogens with two attached hydrogens (primary N) is 1. The van der Waals surface area contributed by atoms with E-state index in [-0.39, 0.29) is 5.28 Å². The molecule has 1 rings (SSSR count). The van der Waals surface area contributed by atoms with Crippen molar-refractivity contribution < 1.29 is 0 Å². The molecule has 1 aromatic rings. The number of anilines is 1. The zero-order valence-corrected chi connectivity index (χ0v) is 7.89. The molecule has 0 aliphatic rings. The molecule has 0 spiro atoms. The van der Waals surface area contributed by atoms with Gasteiger partial charge in [0.15, 0.2) is 0 Å². The first kappa shape index (κ1) is 9.78. The molecule has 0 saturated carbocycles. The maximum Gasteiger partial charge on any atom is 0.224 e. The van der Waals surface area contributed by atoms with Gasteiger partial charge in [-0.25, -0.2) is 4.98 Å². The molecule has 0 aromatic carbocycles. The minimum absolute atomic E-state index is 0.136. The summed E-state index contributed by atoms with van der Waals surface area (Å²) in [6.45, 7) is 0.599. The van der Waals surface area contributed by atoms with Gasteiger partial charge in [-0.15, -0.1) is 0 Å². The highest BCUT2D eigenvalue weighted by Gasteiger charge is 1.98. The Labute approximate surface area is 81.5 Å². The average Bonchev–Trinajstić information content (AvgIpc) is 2.09. The molecule has 0 aliphatic carbocycles. The summed E-state index contributed by atoms with van der Waals surface area (Å²) in [6.07, 6.45) is 1.51. The SMILES string of the molecule is CNCC#Cc1cnc(Cl)nc1N. The summed E-state index contributed by atoms with van der Waals surface area (Å²) in [4.78, 5) is 7.53. The summed E-state index contributed by atoms with van der Waals surface area (Å²) >= 11 is 5.52. The number of hydrogen-bond donors (Lipinski definition) is 2. The number of halogens is 1. The van der Waals surface area contributed by atoms with Crippen LogP contribution in [0.1, 0.15) is 5.56 Å². The van der Waals surface area contributed by atoms with Gasteiger partial charge in [0.25, 0.3) is 0 Å². The molecule has 0 fully saturated rings. The van der Waals surface area contributed by atoms with Crippen LogP contribution in [0.2, 0.25) is 5.28 Å². The van der Waals surface area contributed by atoms with Gasteiger partial charge in [-0.2, -0.15) is 4.98 Å². The van der Waals surface area contributed by atoms with Crippen molar-refractivity contribution in [2.75, 3.05) is 19.3 Å². The first-order valence-electron chi connectivity index (χ1n) is 3.65. The summed E-state index contributed by atoms with van der Waals surface area (Å²) in [5.41, 5.74) is 6.14. The molecule has 1 aromatic heterocycles. The molecule has 1 heterocycles. The van der Waals surface area contributed by atoms with E-state index in [1.165, 1.54) is 6.20 Å². The Hall–Kier alpha value is -1.31. The molecule has 0 aliphatic heterocycles. The van der Waals surface area contributed by atoms with E-state index in [1.54, 1.807) is 0 Å². The zero-order chi connectivity index (χ0) is 9.68.